The molecule has 0 fully saturated rings. The zero-order chi connectivity index (χ0) is 8.10. The molecule has 1 aromatic carbocycles. The molecule has 1 aromatic rings. The zero-order valence-corrected chi connectivity index (χ0v) is 6.62. The fourth-order valence-corrected chi connectivity index (χ4v) is 1.04. The average Bonchev–Trinajstić information content (AvgIpc) is 2.06. The number of nitrogens with zero attached hydrogens (tertiary/aromatic N) is 1. The maximum atomic E-state index is 8.90. The fraction of sp³-hybridized carbons (Fsp3) is 0.333. The van der Waals surface area contributed by atoms with Gasteiger partial charge in [0.05, 0.1) is 6.61 Å². The first-order valence-electron chi connectivity index (χ1n) is 3.61. The van der Waals surface area contributed by atoms with Gasteiger partial charge in [-0.1, -0.05) is 24.3 Å². The molecule has 0 amide bonds. The van der Waals surface area contributed by atoms with E-state index in [4.69, 9.17) is 5.11 Å². The summed E-state index contributed by atoms with van der Waals surface area (Å²) >= 11 is 0. The van der Waals surface area contributed by atoms with Crippen molar-refractivity contribution in [3.63, 3.8) is 0 Å². The van der Waals surface area contributed by atoms with Gasteiger partial charge < -0.3 is 5.11 Å². The van der Waals surface area contributed by atoms with Crippen LogP contribution in [0, 0.1) is 0 Å². The van der Waals surface area contributed by atoms with Crippen molar-refractivity contribution in [2.24, 2.45) is 0 Å². The molecule has 2 nitrogen and oxygen atoms in total. The first-order valence-corrected chi connectivity index (χ1v) is 3.61. The molecule has 0 bridgehead atoms. The lowest BCUT2D eigenvalue weighted by Crippen LogP contribution is -2.00. The number of hydrogen-bond acceptors (Lipinski definition) is 1. The van der Waals surface area contributed by atoms with Crippen molar-refractivity contribution in [1.82, 2.24) is 5.32 Å². The van der Waals surface area contributed by atoms with Gasteiger partial charge in [0.2, 0.25) is 0 Å². The van der Waals surface area contributed by atoms with Crippen molar-refractivity contribution in [2.75, 3.05) is 7.05 Å². The molecular weight excluding hydrogens is 138 g/mol. The van der Waals surface area contributed by atoms with Gasteiger partial charge in [0.1, 0.15) is 0 Å². The zero-order valence-electron chi connectivity index (χ0n) is 6.62. The van der Waals surface area contributed by atoms with Crippen molar-refractivity contribution in [3.05, 3.63) is 35.4 Å². The van der Waals surface area contributed by atoms with Gasteiger partial charge in [0.15, 0.2) is 0 Å². The van der Waals surface area contributed by atoms with Gasteiger partial charge in [0, 0.05) is 13.6 Å². The van der Waals surface area contributed by atoms with Crippen LogP contribution >= 0.6 is 0 Å². The Morgan fingerprint density at radius 3 is 2.45 bits per heavy atom. The van der Waals surface area contributed by atoms with E-state index in [2.05, 4.69) is 5.32 Å². The predicted molar refractivity (Wildman–Crippen MR) is 44.1 cm³/mol. The summed E-state index contributed by atoms with van der Waals surface area (Å²) < 4.78 is 0. The van der Waals surface area contributed by atoms with Crippen LogP contribution in [0.1, 0.15) is 11.1 Å². The second-order valence-electron chi connectivity index (χ2n) is 2.40. The lowest BCUT2D eigenvalue weighted by atomic mass is 10.1. The highest BCUT2D eigenvalue weighted by molar-refractivity contribution is 5.25. The van der Waals surface area contributed by atoms with E-state index in [9.17, 15) is 0 Å². The van der Waals surface area contributed by atoms with Gasteiger partial charge in [-0.15, -0.1) is 0 Å². The lowest BCUT2D eigenvalue weighted by molar-refractivity contribution is 0.280. The van der Waals surface area contributed by atoms with Crippen LogP contribution < -0.4 is 5.32 Å². The number of aliphatic hydroxyl groups excluding tert-OH is 1. The summed E-state index contributed by atoms with van der Waals surface area (Å²) in [5.74, 6) is 0. The molecule has 0 saturated heterocycles. The highest BCUT2D eigenvalue weighted by Crippen LogP contribution is 2.07. The molecule has 0 atom stereocenters. The minimum Gasteiger partial charge on any atom is -0.392 e. The maximum Gasteiger partial charge on any atom is 0.0685 e. The van der Waals surface area contributed by atoms with Crippen molar-refractivity contribution < 1.29 is 5.11 Å². The predicted octanol–water partition coefficient (Wildman–Crippen LogP) is 0.913. The third-order valence-electron chi connectivity index (χ3n) is 1.62. The lowest BCUT2D eigenvalue weighted by Gasteiger charge is -2.03. The molecule has 0 aliphatic heterocycles. The number of hydrogen-bond donors (Lipinski definition) is 1. The van der Waals surface area contributed by atoms with Crippen molar-refractivity contribution in [3.8, 4) is 0 Å². The Hall–Kier alpha value is -0.860. The SMILES string of the molecule is C[N]Cc1ccccc1CO. The Morgan fingerprint density at radius 1 is 1.27 bits per heavy atom. The summed E-state index contributed by atoms with van der Waals surface area (Å²) in [5.41, 5.74) is 2.08. The highest BCUT2D eigenvalue weighted by Gasteiger charge is 1.97. The van der Waals surface area contributed by atoms with E-state index in [0.717, 1.165) is 11.1 Å². The summed E-state index contributed by atoms with van der Waals surface area (Å²) in [6.07, 6.45) is 0. The molecule has 0 aromatic heterocycles. The molecule has 1 rings (SSSR count). The van der Waals surface area contributed by atoms with E-state index in [-0.39, 0.29) is 6.61 Å². The first kappa shape index (κ1) is 8.24. The minimum absolute atomic E-state index is 0.103. The Labute approximate surface area is 66.9 Å². The van der Waals surface area contributed by atoms with Crippen LogP contribution in [0.5, 0.6) is 0 Å². The van der Waals surface area contributed by atoms with E-state index in [1.165, 1.54) is 0 Å². The van der Waals surface area contributed by atoms with Gasteiger partial charge in [-0.3, -0.25) is 0 Å². The molecule has 0 heterocycles. The van der Waals surface area contributed by atoms with E-state index in [0.29, 0.717) is 6.54 Å². The minimum atomic E-state index is 0.103. The number of benzene rings is 1. The molecule has 2 heteroatoms. The molecule has 1 radical (unpaired) electrons. The maximum absolute atomic E-state index is 8.90. The van der Waals surface area contributed by atoms with E-state index in [1.807, 2.05) is 24.3 Å². The quantitative estimate of drug-likeness (QED) is 0.683. The third-order valence-corrected chi connectivity index (χ3v) is 1.62. The van der Waals surface area contributed by atoms with Crippen molar-refractivity contribution >= 4 is 0 Å². The van der Waals surface area contributed by atoms with Crippen LogP contribution in [0.3, 0.4) is 0 Å². The summed E-state index contributed by atoms with van der Waals surface area (Å²) in [7, 11) is 1.77. The van der Waals surface area contributed by atoms with Gasteiger partial charge >= 0.3 is 0 Å². The van der Waals surface area contributed by atoms with Crippen LogP contribution in [0.15, 0.2) is 24.3 Å². The third kappa shape index (κ3) is 2.03. The van der Waals surface area contributed by atoms with Crippen LogP contribution in [0.2, 0.25) is 0 Å². The summed E-state index contributed by atoms with van der Waals surface area (Å²) in [6.45, 7) is 0.794. The van der Waals surface area contributed by atoms with E-state index < -0.39 is 0 Å². The van der Waals surface area contributed by atoms with Gasteiger partial charge in [0.25, 0.3) is 0 Å². The molecule has 0 saturated carbocycles. The monoisotopic (exact) mass is 150 g/mol. The molecule has 0 aliphatic carbocycles. The van der Waals surface area contributed by atoms with Crippen LogP contribution in [-0.2, 0) is 13.2 Å². The molecule has 11 heavy (non-hydrogen) atoms. The largest absolute Gasteiger partial charge is 0.392 e. The summed E-state index contributed by atoms with van der Waals surface area (Å²) in [4.78, 5) is 0. The van der Waals surface area contributed by atoms with Gasteiger partial charge in [-0.2, -0.15) is 0 Å². The molecular formula is C9H12NO. The van der Waals surface area contributed by atoms with Crippen molar-refractivity contribution in [2.45, 2.75) is 13.2 Å². The van der Waals surface area contributed by atoms with Gasteiger partial charge in [-0.05, 0) is 11.1 Å². The molecule has 1 N–H and O–H groups in total. The second kappa shape index (κ2) is 4.11. The standard InChI is InChI=1S/C9H12NO/c1-10-6-8-4-2-3-5-9(8)7-11/h2-5,11H,6-7H2,1H3. The Balaban J connectivity index is 2.83. The number of aliphatic hydroxyl groups is 1. The van der Waals surface area contributed by atoms with Crippen LogP contribution in [0.25, 0.3) is 0 Å². The summed E-state index contributed by atoms with van der Waals surface area (Å²) in [5, 5.41) is 12.9. The normalized spacial score (nSPS) is 10.0. The van der Waals surface area contributed by atoms with Gasteiger partial charge in [-0.25, -0.2) is 5.32 Å². The van der Waals surface area contributed by atoms with E-state index >= 15 is 0 Å². The van der Waals surface area contributed by atoms with Crippen LogP contribution in [-0.4, -0.2) is 12.2 Å². The molecule has 0 spiro atoms. The average molecular weight is 150 g/mol. The number of rotatable bonds is 3. The topological polar surface area (TPSA) is 34.3 Å². The Kier molecular flexibility index (Phi) is 3.08. The Morgan fingerprint density at radius 2 is 1.91 bits per heavy atom. The molecule has 59 valence electrons. The second-order valence-corrected chi connectivity index (χ2v) is 2.40. The summed E-state index contributed by atoms with van der Waals surface area (Å²) in [6, 6.07) is 7.78. The van der Waals surface area contributed by atoms with E-state index in [1.54, 1.807) is 7.05 Å². The Bertz CT molecular complexity index is 223. The first-order chi connectivity index (χ1) is 5.38. The van der Waals surface area contributed by atoms with Crippen LogP contribution in [0.4, 0.5) is 0 Å². The highest BCUT2D eigenvalue weighted by atomic mass is 16.3. The fourth-order valence-electron chi connectivity index (χ4n) is 1.04. The molecule has 0 unspecified atom stereocenters. The molecule has 0 aliphatic rings. The smallest absolute Gasteiger partial charge is 0.0685 e. The van der Waals surface area contributed by atoms with Crippen molar-refractivity contribution in [1.29, 1.82) is 0 Å².